The number of nitrogens with zero attached hydrogens (tertiary/aromatic N) is 1. The van der Waals surface area contributed by atoms with Crippen molar-refractivity contribution in [3.63, 3.8) is 0 Å². The molecule has 0 heterocycles. The van der Waals surface area contributed by atoms with E-state index in [-0.39, 0.29) is 23.9 Å². The minimum Gasteiger partial charge on any atom is -0.480 e. The summed E-state index contributed by atoms with van der Waals surface area (Å²) < 4.78 is 85.7. The molecule has 0 bridgehead atoms. The Hall–Kier alpha value is -4.02. The van der Waals surface area contributed by atoms with Gasteiger partial charge in [0.1, 0.15) is 12.6 Å². The molecule has 1 N–H and O–H groups in total. The minimum absolute atomic E-state index is 0.0160. The van der Waals surface area contributed by atoms with Gasteiger partial charge in [-0.3, -0.25) is 4.90 Å². The lowest BCUT2D eigenvalue weighted by atomic mass is 9.97. The summed E-state index contributed by atoms with van der Waals surface area (Å²) >= 11 is 0. The highest BCUT2D eigenvalue weighted by Gasteiger charge is 2.38. The molecule has 0 aliphatic carbocycles. The van der Waals surface area contributed by atoms with Gasteiger partial charge in [0.05, 0.1) is 16.8 Å². The molecule has 5 nitrogen and oxygen atoms in total. The van der Waals surface area contributed by atoms with Crippen molar-refractivity contribution in [2.45, 2.75) is 31.9 Å². The zero-order valence-electron chi connectivity index (χ0n) is 18.6. The number of carbonyl (C=O) groups is 2. The topological polar surface area (TPSA) is 66.8 Å². The lowest BCUT2D eigenvalue weighted by molar-refractivity contribution is -0.143. The monoisotopic (exact) mass is 511 g/mol. The van der Waals surface area contributed by atoms with Crippen LogP contribution < -0.4 is 4.90 Å². The predicted molar refractivity (Wildman–Crippen MR) is 118 cm³/mol. The first-order valence-corrected chi connectivity index (χ1v) is 10.4. The Kier molecular flexibility index (Phi) is 7.61. The third kappa shape index (κ3) is 6.15. The number of aliphatic carboxylic acids is 1. The number of carboxylic acids is 1. The van der Waals surface area contributed by atoms with Crippen molar-refractivity contribution in [3.05, 3.63) is 89.5 Å². The lowest BCUT2D eigenvalue weighted by Gasteiger charge is -2.28. The number of rotatable bonds is 6. The summed E-state index contributed by atoms with van der Waals surface area (Å²) in [4.78, 5) is 25.4. The molecule has 3 aromatic rings. The van der Waals surface area contributed by atoms with E-state index in [2.05, 4.69) is 0 Å². The first-order chi connectivity index (χ1) is 16.8. The molecule has 0 unspecified atom stereocenters. The number of hydrogen-bond acceptors (Lipinski definition) is 3. The highest BCUT2D eigenvalue weighted by atomic mass is 19.4. The van der Waals surface area contributed by atoms with Crippen LogP contribution in [0, 0.1) is 0 Å². The van der Waals surface area contributed by atoms with E-state index >= 15 is 0 Å². The summed E-state index contributed by atoms with van der Waals surface area (Å²) in [6.07, 6.45) is -11.3. The van der Waals surface area contributed by atoms with Crippen molar-refractivity contribution in [1.29, 1.82) is 0 Å². The summed E-state index contributed by atoms with van der Waals surface area (Å²) in [5.74, 6) is -1.47. The molecule has 0 spiro atoms. The second kappa shape index (κ2) is 10.3. The molecule has 11 heteroatoms. The largest absolute Gasteiger partial charge is 0.480 e. The third-order valence-corrected chi connectivity index (χ3v) is 5.21. The maximum absolute atomic E-state index is 13.4. The molecule has 0 saturated carbocycles. The number of halogens is 6. The van der Waals surface area contributed by atoms with Crippen LogP contribution >= 0.6 is 0 Å². The van der Waals surface area contributed by atoms with Crippen LogP contribution in [0.1, 0.15) is 23.6 Å². The fourth-order valence-electron chi connectivity index (χ4n) is 3.40. The van der Waals surface area contributed by atoms with E-state index in [4.69, 9.17) is 4.74 Å². The number of ether oxygens (including phenoxy) is 1. The smallest absolute Gasteiger partial charge is 0.416 e. The highest BCUT2D eigenvalue weighted by Crippen LogP contribution is 2.41. The minimum atomic E-state index is -5.09. The fraction of sp³-hybridized carbons (Fsp3) is 0.200. The Bertz CT molecular complexity index is 1210. The maximum Gasteiger partial charge on any atom is 0.416 e. The molecule has 1 amide bonds. The molecular formula is C25H19F6NO4. The van der Waals surface area contributed by atoms with Gasteiger partial charge in [0.15, 0.2) is 0 Å². The average Bonchev–Trinajstić information content (AvgIpc) is 2.82. The predicted octanol–water partition coefficient (Wildman–Crippen LogP) is 7.01. The first-order valence-electron chi connectivity index (χ1n) is 10.4. The van der Waals surface area contributed by atoms with E-state index in [1.165, 1.54) is 24.3 Å². The van der Waals surface area contributed by atoms with Gasteiger partial charge in [-0.2, -0.15) is 26.3 Å². The Morgan fingerprint density at radius 3 is 1.92 bits per heavy atom. The second-order valence-electron chi connectivity index (χ2n) is 7.74. The van der Waals surface area contributed by atoms with Crippen LogP contribution in [-0.4, -0.2) is 23.2 Å². The van der Waals surface area contributed by atoms with Crippen LogP contribution in [0.3, 0.4) is 0 Å². The maximum atomic E-state index is 13.4. The summed E-state index contributed by atoms with van der Waals surface area (Å²) in [5.41, 5.74) is -3.49. The van der Waals surface area contributed by atoms with E-state index in [1.54, 1.807) is 30.3 Å². The molecule has 0 aliphatic heterocycles. The molecule has 1 atom stereocenters. The van der Waals surface area contributed by atoms with E-state index in [0.29, 0.717) is 22.6 Å². The van der Waals surface area contributed by atoms with Gasteiger partial charge in [-0.1, -0.05) is 48.5 Å². The van der Waals surface area contributed by atoms with Gasteiger partial charge in [-0.15, -0.1) is 0 Å². The number of anilines is 1. The summed E-state index contributed by atoms with van der Waals surface area (Å²) in [6, 6.07) is 12.9. The number of alkyl halides is 6. The van der Waals surface area contributed by atoms with Gasteiger partial charge >= 0.3 is 24.4 Å². The van der Waals surface area contributed by atoms with Gasteiger partial charge in [0, 0.05) is 5.56 Å². The molecule has 0 fully saturated rings. The van der Waals surface area contributed by atoms with Crippen molar-refractivity contribution in [2.75, 3.05) is 4.90 Å². The first kappa shape index (κ1) is 26.6. The molecule has 0 radical (unpaired) electrons. The average molecular weight is 511 g/mol. The van der Waals surface area contributed by atoms with Crippen molar-refractivity contribution in [1.82, 2.24) is 0 Å². The van der Waals surface area contributed by atoms with Crippen LogP contribution in [0.2, 0.25) is 0 Å². The second-order valence-corrected chi connectivity index (χ2v) is 7.74. The Balaban J connectivity index is 2.13. The van der Waals surface area contributed by atoms with Gasteiger partial charge in [-0.25, -0.2) is 9.59 Å². The molecule has 0 aromatic heterocycles. The summed E-state index contributed by atoms with van der Waals surface area (Å²) in [5, 5.41) is 9.56. The molecule has 3 rings (SSSR count). The molecule has 0 saturated heterocycles. The van der Waals surface area contributed by atoms with Gasteiger partial charge < -0.3 is 9.84 Å². The summed E-state index contributed by atoms with van der Waals surface area (Å²) in [7, 11) is 0. The van der Waals surface area contributed by atoms with Crippen LogP contribution in [-0.2, 0) is 28.5 Å². The lowest BCUT2D eigenvalue weighted by Crippen LogP contribution is -2.44. The van der Waals surface area contributed by atoms with Crippen LogP contribution in [0.25, 0.3) is 11.1 Å². The number of benzene rings is 3. The van der Waals surface area contributed by atoms with E-state index < -0.39 is 47.1 Å². The van der Waals surface area contributed by atoms with Crippen LogP contribution in [0.15, 0.2) is 72.8 Å². The van der Waals surface area contributed by atoms with Crippen LogP contribution in [0.4, 0.5) is 36.8 Å². The number of hydrogen-bond donors (Lipinski definition) is 1. The number of carboxylic acid groups (broad SMARTS) is 1. The number of para-hydroxylation sites is 1. The fourth-order valence-corrected chi connectivity index (χ4v) is 3.40. The number of carbonyl (C=O) groups excluding carboxylic acids is 1. The normalized spacial score (nSPS) is 12.6. The van der Waals surface area contributed by atoms with Crippen molar-refractivity contribution in [2.24, 2.45) is 0 Å². The van der Waals surface area contributed by atoms with Crippen molar-refractivity contribution >= 4 is 17.7 Å². The molecular weight excluding hydrogens is 492 g/mol. The quantitative estimate of drug-likeness (QED) is 0.362. The SMILES string of the molecule is C[C@@H](C(=O)O)N(C(=O)OCc1ccccc1)c1ccccc1-c1cc(C(F)(F)F)cc(C(F)(F)F)c1. The Labute approximate surface area is 201 Å². The zero-order valence-corrected chi connectivity index (χ0v) is 18.6. The highest BCUT2D eigenvalue weighted by molar-refractivity contribution is 5.99. The molecule has 36 heavy (non-hydrogen) atoms. The molecule has 190 valence electrons. The van der Waals surface area contributed by atoms with Crippen LogP contribution in [0.5, 0.6) is 0 Å². The van der Waals surface area contributed by atoms with Gasteiger partial charge in [0.25, 0.3) is 0 Å². The molecule has 0 aliphatic rings. The summed E-state index contributed by atoms with van der Waals surface area (Å²) in [6.45, 7) is 0.891. The molecule has 3 aromatic carbocycles. The van der Waals surface area contributed by atoms with Crippen molar-refractivity contribution < 1.29 is 45.8 Å². The van der Waals surface area contributed by atoms with Gasteiger partial charge in [0.2, 0.25) is 0 Å². The Morgan fingerprint density at radius 1 is 0.861 bits per heavy atom. The van der Waals surface area contributed by atoms with E-state index in [0.717, 1.165) is 6.92 Å². The number of amides is 1. The van der Waals surface area contributed by atoms with E-state index in [1.807, 2.05) is 0 Å². The van der Waals surface area contributed by atoms with Gasteiger partial charge in [-0.05, 0) is 42.3 Å². The third-order valence-electron chi connectivity index (χ3n) is 5.21. The Morgan fingerprint density at radius 2 is 1.39 bits per heavy atom. The van der Waals surface area contributed by atoms with E-state index in [9.17, 15) is 41.0 Å². The standard InChI is InChI=1S/C25H19F6NO4/c1-15(22(33)34)32(23(35)36-14-16-7-3-2-4-8-16)21-10-6-5-9-20(21)17-11-18(24(26,27)28)13-19(12-17)25(29,30)31/h2-13,15H,14H2,1H3,(H,33,34)/t15-/m0/s1. The zero-order chi connectivity index (χ0) is 26.7. The van der Waals surface area contributed by atoms with Crippen molar-refractivity contribution in [3.8, 4) is 11.1 Å².